The zero-order chi connectivity index (χ0) is 16.5. The number of pyridine rings is 1. The zero-order valence-electron chi connectivity index (χ0n) is 13.9. The molecule has 4 bridgehead atoms. The lowest BCUT2D eigenvalue weighted by molar-refractivity contribution is -0.129. The van der Waals surface area contributed by atoms with Crippen molar-refractivity contribution in [2.75, 3.05) is 5.32 Å². The Balaban J connectivity index is 0.00000157. The number of rotatable bonds is 3. The SMILES string of the molecule is Cl.NC(=O)c1cnc2[nH]ccc2c1N[C@H]1[C@@H]2C[C@H]3C[C@H]1C[C@@](O)(C3)C2. The summed E-state index contributed by atoms with van der Waals surface area (Å²) >= 11 is 0. The van der Waals surface area contributed by atoms with E-state index in [2.05, 4.69) is 15.3 Å². The molecule has 0 saturated heterocycles. The van der Waals surface area contributed by atoms with Gasteiger partial charge in [-0.3, -0.25) is 4.79 Å². The summed E-state index contributed by atoms with van der Waals surface area (Å²) in [6.07, 6.45) is 8.42. The number of fused-ring (bicyclic) bond motifs is 1. The summed E-state index contributed by atoms with van der Waals surface area (Å²) in [6.45, 7) is 0. The summed E-state index contributed by atoms with van der Waals surface area (Å²) in [4.78, 5) is 19.3. The maximum absolute atomic E-state index is 11.9. The molecule has 6 nitrogen and oxygen atoms in total. The fraction of sp³-hybridized carbons (Fsp3) is 0.556. The summed E-state index contributed by atoms with van der Waals surface area (Å²) in [6, 6.07) is 2.22. The Morgan fingerprint density at radius 3 is 2.68 bits per heavy atom. The topological polar surface area (TPSA) is 104 Å². The molecule has 0 radical (unpaired) electrons. The van der Waals surface area contributed by atoms with Gasteiger partial charge in [-0.15, -0.1) is 12.4 Å². The molecule has 2 heterocycles. The number of hydrogen-bond acceptors (Lipinski definition) is 4. The van der Waals surface area contributed by atoms with Crippen LogP contribution in [0.5, 0.6) is 0 Å². The predicted molar refractivity (Wildman–Crippen MR) is 97.8 cm³/mol. The lowest BCUT2D eigenvalue weighted by Crippen LogP contribution is -2.59. The quantitative estimate of drug-likeness (QED) is 0.673. The molecule has 0 spiro atoms. The molecule has 134 valence electrons. The van der Waals surface area contributed by atoms with Crippen LogP contribution in [0.25, 0.3) is 11.0 Å². The number of aromatic nitrogens is 2. The molecule has 6 rings (SSSR count). The van der Waals surface area contributed by atoms with E-state index in [1.54, 1.807) is 6.20 Å². The van der Waals surface area contributed by atoms with Gasteiger partial charge in [-0.05, 0) is 55.9 Å². The second-order valence-electron chi connectivity index (χ2n) is 8.02. The lowest BCUT2D eigenvalue weighted by atomic mass is 9.52. The van der Waals surface area contributed by atoms with Crippen LogP contribution in [0.3, 0.4) is 0 Å². The van der Waals surface area contributed by atoms with E-state index in [4.69, 9.17) is 5.73 Å². The van der Waals surface area contributed by atoms with Gasteiger partial charge in [-0.1, -0.05) is 0 Å². The fourth-order valence-electron chi connectivity index (χ4n) is 5.73. The van der Waals surface area contributed by atoms with Gasteiger partial charge >= 0.3 is 0 Å². The van der Waals surface area contributed by atoms with Crippen LogP contribution in [-0.2, 0) is 0 Å². The summed E-state index contributed by atoms with van der Waals surface area (Å²) in [5, 5.41) is 15.3. The monoisotopic (exact) mass is 362 g/mol. The first-order valence-electron chi connectivity index (χ1n) is 8.77. The normalized spacial score (nSPS) is 35.6. The third kappa shape index (κ3) is 2.50. The first-order chi connectivity index (χ1) is 11.5. The number of nitrogens with two attached hydrogens (primary N) is 1. The maximum atomic E-state index is 11.9. The van der Waals surface area contributed by atoms with Crippen molar-refractivity contribution in [1.82, 2.24) is 9.97 Å². The predicted octanol–water partition coefficient (Wildman–Crippen LogP) is 2.44. The highest BCUT2D eigenvalue weighted by molar-refractivity contribution is 6.06. The van der Waals surface area contributed by atoms with E-state index in [-0.39, 0.29) is 12.4 Å². The number of primary amides is 1. The Morgan fingerprint density at radius 1 is 1.32 bits per heavy atom. The van der Waals surface area contributed by atoms with Gasteiger partial charge in [0.1, 0.15) is 5.65 Å². The number of nitrogens with one attached hydrogen (secondary N) is 2. The van der Waals surface area contributed by atoms with Gasteiger partial charge in [0.2, 0.25) is 0 Å². The number of H-pyrrole nitrogens is 1. The smallest absolute Gasteiger partial charge is 0.252 e. The van der Waals surface area contributed by atoms with Gasteiger partial charge in [0, 0.05) is 23.8 Å². The lowest BCUT2D eigenvalue weighted by Gasteiger charge is -2.58. The number of carbonyl (C=O) groups is 1. The van der Waals surface area contributed by atoms with Gasteiger partial charge < -0.3 is 21.1 Å². The van der Waals surface area contributed by atoms with Crippen molar-refractivity contribution in [3.05, 3.63) is 24.0 Å². The molecule has 0 unspecified atom stereocenters. The van der Waals surface area contributed by atoms with E-state index in [1.165, 1.54) is 12.8 Å². The van der Waals surface area contributed by atoms with Crippen molar-refractivity contribution in [1.29, 1.82) is 0 Å². The average molecular weight is 363 g/mol. The van der Waals surface area contributed by atoms with E-state index in [0.29, 0.717) is 29.4 Å². The van der Waals surface area contributed by atoms with Gasteiger partial charge in [0.05, 0.1) is 16.9 Å². The summed E-state index contributed by atoms with van der Waals surface area (Å²) in [5.41, 5.74) is 7.10. The number of halogens is 1. The van der Waals surface area contributed by atoms with E-state index >= 15 is 0 Å². The summed E-state index contributed by atoms with van der Waals surface area (Å²) < 4.78 is 0. The minimum Gasteiger partial charge on any atom is -0.390 e. The van der Waals surface area contributed by atoms with Crippen molar-refractivity contribution in [2.24, 2.45) is 23.5 Å². The highest BCUT2D eigenvalue weighted by Gasteiger charge is 2.54. The van der Waals surface area contributed by atoms with Crippen LogP contribution in [0.1, 0.15) is 42.5 Å². The molecule has 5 atom stereocenters. The van der Waals surface area contributed by atoms with Crippen LogP contribution in [0.2, 0.25) is 0 Å². The van der Waals surface area contributed by atoms with Crippen LogP contribution < -0.4 is 11.1 Å². The van der Waals surface area contributed by atoms with Crippen molar-refractivity contribution < 1.29 is 9.90 Å². The Hall–Kier alpha value is -1.79. The molecule has 4 saturated carbocycles. The number of hydrogen-bond donors (Lipinski definition) is 4. The third-order valence-electron chi connectivity index (χ3n) is 6.40. The van der Waals surface area contributed by atoms with Crippen molar-refractivity contribution in [3.8, 4) is 0 Å². The first kappa shape index (κ1) is 16.7. The molecule has 7 heteroatoms. The molecule has 0 aliphatic heterocycles. The van der Waals surface area contributed by atoms with Gasteiger partial charge in [-0.2, -0.15) is 0 Å². The Labute approximate surface area is 152 Å². The third-order valence-corrected chi connectivity index (χ3v) is 6.40. The molecule has 4 fully saturated rings. The standard InChI is InChI=1S/C18H22N4O2.ClH/c19-16(23)13-8-21-17-12(1-2-20-17)15(13)22-14-10-3-9-4-11(14)7-18(24,5-9)6-10;/h1-2,8-11,14,24H,3-7H2,(H2,19,23)(H2,20,21,22);1H/t9-,10+,11-,14-,18+;. The minimum absolute atomic E-state index is 0. The van der Waals surface area contributed by atoms with Crippen LogP contribution >= 0.6 is 12.4 Å². The Morgan fingerprint density at radius 2 is 2.04 bits per heavy atom. The van der Waals surface area contributed by atoms with Gasteiger partial charge in [-0.25, -0.2) is 4.98 Å². The minimum atomic E-state index is -0.462. The van der Waals surface area contributed by atoms with Gasteiger partial charge in [0.25, 0.3) is 5.91 Å². The van der Waals surface area contributed by atoms with Crippen LogP contribution in [-0.4, -0.2) is 32.6 Å². The largest absolute Gasteiger partial charge is 0.390 e. The van der Waals surface area contributed by atoms with E-state index in [1.807, 2.05) is 12.3 Å². The second-order valence-corrected chi connectivity index (χ2v) is 8.02. The number of aliphatic hydroxyl groups is 1. The molecule has 2 aromatic rings. The fourth-order valence-corrected chi connectivity index (χ4v) is 5.73. The first-order valence-corrected chi connectivity index (χ1v) is 8.77. The molecule has 4 aliphatic carbocycles. The molecule has 2 aromatic heterocycles. The molecular formula is C18H23ClN4O2. The van der Waals surface area contributed by atoms with Crippen LogP contribution in [0.15, 0.2) is 18.5 Å². The highest BCUT2D eigenvalue weighted by atomic mass is 35.5. The molecule has 1 amide bonds. The average Bonchev–Trinajstić information content (AvgIpc) is 2.97. The second kappa shape index (κ2) is 5.61. The van der Waals surface area contributed by atoms with E-state index < -0.39 is 11.5 Å². The molecule has 4 aliphatic rings. The molecule has 25 heavy (non-hydrogen) atoms. The number of carbonyl (C=O) groups excluding carboxylic acids is 1. The van der Waals surface area contributed by atoms with Crippen molar-refractivity contribution >= 4 is 35.0 Å². The Kier molecular flexibility index (Phi) is 3.74. The maximum Gasteiger partial charge on any atom is 0.252 e. The number of aromatic amines is 1. The summed E-state index contributed by atoms with van der Waals surface area (Å²) in [7, 11) is 0. The van der Waals surface area contributed by atoms with Crippen molar-refractivity contribution in [2.45, 2.75) is 43.7 Å². The highest BCUT2D eigenvalue weighted by Crippen LogP contribution is 2.56. The number of anilines is 1. The molecular weight excluding hydrogens is 340 g/mol. The van der Waals surface area contributed by atoms with E-state index in [0.717, 1.165) is 36.0 Å². The Bertz CT molecular complexity index is 820. The zero-order valence-corrected chi connectivity index (χ0v) is 14.7. The van der Waals surface area contributed by atoms with Crippen molar-refractivity contribution in [3.63, 3.8) is 0 Å². The molecule has 0 aromatic carbocycles. The summed E-state index contributed by atoms with van der Waals surface area (Å²) in [5.74, 6) is 1.12. The van der Waals surface area contributed by atoms with E-state index in [9.17, 15) is 9.90 Å². The number of amides is 1. The van der Waals surface area contributed by atoms with Crippen LogP contribution in [0, 0.1) is 17.8 Å². The van der Waals surface area contributed by atoms with Crippen LogP contribution in [0.4, 0.5) is 5.69 Å². The molecule has 5 N–H and O–H groups in total. The van der Waals surface area contributed by atoms with Gasteiger partial charge in [0.15, 0.2) is 0 Å². The number of nitrogens with zero attached hydrogens (tertiary/aromatic N) is 1.